The Kier molecular flexibility index (Phi) is 3.01. The van der Waals surface area contributed by atoms with E-state index in [0.717, 1.165) is 12.8 Å². The summed E-state index contributed by atoms with van der Waals surface area (Å²) < 4.78 is 0. The highest BCUT2D eigenvalue weighted by Crippen LogP contribution is 2.18. The van der Waals surface area contributed by atoms with Gasteiger partial charge in [0.05, 0.1) is 12.1 Å². The maximum atomic E-state index is 11.8. The monoisotopic (exact) mass is 219 g/mol. The molecule has 0 aromatic heterocycles. The predicted molar refractivity (Wildman–Crippen MR) is 58.8 cm³/mol. The van der Waals surface area contributed by atoms with Crippen LogP contribution < -0.4 is 5.32 Å². The molecule has 1 aliphatic carbocycles. The Hall–Kier alpha value is -1.68. The first-order valence-electron chi connectivity index (χ1n) is 5.27. The van der Waals surface area contributed by atoms with Gasteiger partial charge in [-0.25, -0.2) is 4.79 Å². The van der Waals surface area contributed by atoms with Gasteiger partial charge in [0.25, 0.3) is 0 Å². The van der Waals surface area contributed by atoms with Crippen LogP contribution in [-0.4, -0.2) is 29.4 Å². The molecular weight excluding hydrogens is 206 g/mol. The van der Waals surface area contributed by atoms with E-state index in [4.69, 9.17) is 5.11 Å². The summed E-state index contributed by atoms with van der Waals surface area (Å²) in [6, 6.07) is 6.75. The topological polar surface area (TPSA) is 66.4 Å². The number of carbonyl (C=O) groups is 2. The number of carbonyl (C=O) groups excluding carboxylic acids is 1. The average Bonchev–Trinajstić information content (AvgIpc) is 3.09. The second-order valence-corrected chi connectivity index (χ2v) is 3.93. The molecule has 0 saturated heterocycles. The Bertz CT molecular complexity index is 424. The molecule has 0 bridgehead atoms. The first kappa shape index (κ1) is 10.8. The number of Topliss-reactive ketones (excluding diaryl/α,β-unsaturated/α-hetero) is 1. The van der Waals surface area contributed by atoms with Crippen molar-refractivity contribution < 1.29 is 14.7 Å². The maximum absolute atomic E-state index is 11.8. The summed E-state index contributed by atoms with van der Waals surface area (Å²) in [7, 11) is 0. The Morgan fingerprint density at radius 3 is 2.44 bits per heavy atom. The van der Waals surface area contributed by atoms with Crippen LogP contribution in [0.2, 0.25) is 0 Å². The number of benzene rings is 1. The fourth-order valence-corrected chi connectivity index (χ4v) is 1.53. The number of hydrogen-bond acceptors (Lipinski definition) is 3. The molecule has 1 saturated carbocycles. The van der Waals surface area contributed by atoms with Crippen molar-refractivity contribution in [2.24, 2.45) is 0 Å². The number of carboxylic acid groups (broad SMARTS) is 1. The van der Waals surface area contributed by atoms with Gasteiger partial charge < -0.3 is 10.4 Å². The van der Waals surface area contributed by atoms with E-state index in [1.165, 1.54) is 6.07 Å². The van der Waals surface area contributed by atoms with Crippen molar-refractivity contribution in [3.8, 4) is 0 Å². The van der Waals surface area contributed by atoms with Crippen molar-refractivity contribution >= 4 is 11.8 Å². The molecule has 0 amide bonds. The van der Waals surface area contributed by atoms with Crippen LogP contribution in [0.1, 0.15) is 33.6 Å². The summed E-state index contributed by atoms with van der Waals surface area (Å²) in [6.45, 7) is 0.217. The van der Waals surface area contributed by atoms with Crippen molar-refractivity contribution in [3.63, 3.8) is 0 Å². The van der Waals surface area contributed by atoms with Crippen LogP contribution in [0.5, 0.6) is 0 Å². The van der Waals surface area contributed by atoms with Crippen molar-refractivity contribution in [2.75, 3.05) is 6.54 Å². The molecule has 2 N–H and O–H groups in total. The van der Waals surface area contributed by atoms with Crippen LogP contribution >= 0.6 is 0 Å². The summed E-state index contributed by atoms with van der Waals surface area (Å²) in [5.41, 5.74) is 0.355. The summed E-state index contributed by atoms with van der Waals surface area (Å²) in [6.07, 6.45) is 2.21. The van der Waals surface area contributed by atoms with Crippen LogP contribution in [-0.2, 0) is 0 Å². The van der Waals surface area contributed by atoms with E-state index in [0.29, 0.717) is 6.04 Å². The third kappa shape index (κ3) is 2.46. The minimum absolute atomic E-state index is 0.0742. The van der Waals surface area contributed by atoms with E-state index < -0.39 is 5.97 Å². The molecule has 1 fully saturated rings. The second kappa shape index (κ2) is 4.45. The lowest BCUT2D eigenvalue weighted by molar-refractivity contribution is 0.0692. The quantitative estimate of drug-likeness (QED) is 0.733. The van der Waals surface area contributed by atoms with Crippen molar-refractivity contribution in [1.82, 2.24) is 5.32 Å². The van der Waals surface area contributed by atoms with E-state index >= 15 is 0 Å². The molecule has 0 radical (unpaired) electrons. The lowest BCUT2D eigenvalue weighted by atomic mass is 10.0. The lowest BCUT2D eigenvalue weighted by Crippen LogP contribution is -2.26. The third-order valence-electron chi connectivity index (χ3n) is 2.59. The average molecular weight is 219 g/mol. The molecule has 84 valence electrons. The molecule has 0 unspecified atom stereocenters. The van der Waals surface area contributed by atoms with Gasteiger partial charge in [-0.2, -0.15) is 0 Å². The number of ketones is 1. The Labute approximate surface area is 93.3 Å². The normalized spacial score (nSPS) is 14.8. The Morgan fingerprint density at radius 2 is 1.88 bits per heavy atom. The Balaban J connectivity index is 2.11. The van der Waals surface area contributed by atoms with E-state index in [1.807, 2.05) is 0 Å². The van der Waals surface area contributed by atoms with Gasteiger partial charge >= 0.3 is 5.97 Å². The third-order valence-corrected chi connectivity index (χ3v) is 2.59. The zero-order valence-electron chi connectivity index (χ0n) is 8.77. The number of nitrogens with one attached hydrogen (secondary N) is 1. The van der Waals surface area contributed by atoms with E-state index in [2.05, 4.69) is 5.32 Å². The molecule has 0 heterocycles. The van der Waals surface area contributed by atoms with Crippen molar-refractivity contribution in [3.05, 3.63) is 35.4 Å². The largest absolute Gasteiger partial charge is 0.478 e. The van der Waals surface area contributed by atoms with Crippen LogP contribution in [0.25, 0.3) is 0 Å². The standard InChI is InChI=1S/C12H13NO3/c14-11(7-13-8-5-6-8)9-3-1-2-4-10(9)12(15)16/h1-4,8,13H,5-7H2,(H,15,16). The summed E-state index contributed by atoms with van der Waals surface area (Å²) >= 11 is 0. The fraction of sp³-hybridized carbons (Fsp3) is 0.333. The van der Waals surface area contributed by atoms with Crippen LogP contribution in [0.3, 0.4) is 0 Å². The highest BCUT2D eigenvalue weighted by atomic mass is 16.4. The van der Waals surface area contributed by atoms with E-state index in [-0.39, 0.29) is 23.5 Å². The number of hydrogen-bond donors (Lipinski definition) is 2. The molecule has 16 heavy (non-hydrogen) atoms. The molecule has 4 nitrogen and oxygen atoms in total. The van der Waals surface area contributed by atoms with Gasteiger partial charge in [0.15, 0.2) is 5.78 Å². The molecule has 1 aliphatic rings. The minimum Gasteiger partial charge on any atom is -0.478 e. The molecule has 1 aromatic carbocycles. The Morgan fingerprint density at radius 1 is 1.25 bits per heavy atom. The molecule has 0 aliphatic heterocycles. The highest BCUT2D eigenvalue weighted by Gasteiger charge is 2.22. The summed E-state index contributed by atoms with van der Waals surface area (Å²) in [5, 5.41) is 12.0. The smallest absolute Gasteiger partial charge is 0.336 e. The van der Waals surface area contributed by atoms with Crippen LogP contribution in [0, 0.1) is 0 Å². The van der Waals surface area contributed by atoms with Crippen LogP contribution in [0.15, 0.2) is 24.3 Å². The molecule has 2 rings (SSSR count). The van der Waals surface area contributed by atoms with Gasteiger partial charge in [-0.3, -0.25) is 4.79 Å². The van der Waals surface area contributed by atoms with E-state index in [1.54, 1.807) is 18.2 Å². The van der Waals surface area contributed by atoms with Gasteiger partial charge in [0, 0.05) is 11.6 Å². The summed E-state index contributed by atoms with van der Waals surface area (Å²) in [4.78, 5) is 22.7. The molecule has 1 aromatic rings. The number of aromatic carboxylic acids is 1. The predicted octanol–water partition coefficient (Wildman–Crippen LogP) is 1.32. The highest BCUT2D eigenvalue weighted by molar-refractivity contribution is 6.06. The van der Waals surface area contributed by atoms with E-state index in [9.17, 15) is 9.59 Å². The lowest BCUT2D eigenvalue weighted by Gasteiger charge is -2.05. The molecule has 4 heteroatoms. The fourth-order valence-electron chi connectivity index (χ4n) is 1.53. The minimum atomic E-state index is -1.06. The zero-order valence-corrected chi connectivity index (χ0v) is 8.77. The first-order valence-corrected chi connectivity index (χ1v) is 5.27. The van der Waals surface area contributed by atoms with Crippen LogP contribution in [0.4, 0.5) is 0 Å². The van der Waals surface area contributed by atoms with Crippen molar-refractivity contribution in [1.29, 1.82) is 0 Å². The first-order chi connectivity index (χ1) is 7.68. The van der Waals surface area contributed by atoms with Gasteiger partial charge in [-0.05, 0) is 18.9 Å². The van der Waals surface area contributed by atoms with Gasteiger partial charge in [0.1, 0.15) is 0 Å². The molecular formula is C12H13NO3. The van der Waals surface area contributed by atoms with Gasteiger partial charge in [-0.15, -0.1) is 0 Å². The summed E-state index contributed by atoms with van der Waals surface area (Å²) in [5.74, 6) is -1.22. The SMILES string of the molecule is O=C(O)c1ccccc1C(=O)CNC1CC1. The maximum Gasteiger partial charge on any atom is 0.336 e. The van der Waals surface area contributed by atoms with Gasteiger partial charge in [-0.1, -0.05) is 18.2 Å². The van der Waals surface area contributed by atoms with Gasteiger partial charge in [0.2, 0.25) is 0 Å². The van der Waals surface area contributed by atoms with Crippen molar-refractivity contribution in [2.45, 2.75) is 18.9 Å². The number of rotatable bonds is 5. The number of carboxylic acids is 1. The molecule has 0 atom stereocenters. The second-order valence-electron chi connectivity index (χ2n) is 3.93. The zero-order chi connectivity index (χ0) is 11.5. The molecule has 0 spiro atoms.